The molecule has 1 amide bonds. The predicted molar refractivity (Wildman–Crippen MR) is 82.1 cm³/mol. The number of carbonyl (C=O) groups is 1. The summed E-state index contributed by atoms with van der Waals surface area (Å²) >= 11 is 0. The van der Waals surface area contributed by atoms with E-state index in [1.54, 1.807) is 44.2 Å². The Morgan fingerprint density at radius 1 is 1.09 bits per heavy atom. The molecular weight excluding hydrogens is 282 g/mol. The van der Waals surface area contributed by atoms with Gasteiger partial charge in [-0.3, -0.25) is 9.78 Å². The van der Waals surface area contributed by atoms with Crippen molar-refractivity contribution in [3.05, 3.63) is 59.7 Å². The molecule has 0 bridgehead atoms. The molecule has 22 heavy (non-hydrogen) atoms. The van der Waals surface area contributed by atoms with E-state index in [0.29, 0.717) is 28.4 Å². The Bertz CT molecular complexity index is 726. The summed E-state index contributed by atoms with van der Waals surface area (Å²) in [6, 6.07) is 8.45. The van der Waals surface area contributed by atoms with Gasteiger partial charge in [0.1, 0.15) is 5.71 Å². The highest BCUT2D eigenvalue weighted by molar-refractivity contribution is 6.01. The third kappa shape index (κ3) is 3.72. The molecule has 2 rings (SSSR count). The van der Waals surface area contributed by atoms with Crippen LogP contribution in [-0.4, -0.2) is 32.5 Å². The van der Waals surface area contributed by atoms with Crippen molar-refractivity contribution < 1.29 is 10.0 Å². The SMILES string of the molecule is C/C(=N\O)c1cccc(/C(C)=N/NC(=O)c2ccncc2)n1. The maximum atomic E-state index is 11.9. The first-order chi connectivity index (χ1) is 10.6. The molecule has 0 unspecified atom stereocenters. The zero-order valence-corrected chi connectivity index (χ0v) is 12.2. The van der Waals surface area contributed by atoms with Gasteiger partial charge in [0.05, 0.1) is 17.1 Å². The minimum atomic E-state index is -0.328. The van der Waals surface area contributed by atoms with Gasteiger partial charge in [0.2, 0.25) is 0 Å². The van der Waals surface area contributed by atoms with E-state index in [0.717, 1.165) is 0 Å². The summed E-state index contributed by atoms with van der Waals surface area (Å²) in [5.74, 6) is -0.328. The summed E-state index contributed by atoms with van der Waals surface area (Å²) < 4.78 is 0. The van der Waals surface area contributed by atoms with Gasteiger partial charge in [-0.2, -0.15) is 5.10 Å². The summed E-state index contributed by atoms with van der Waals surface area (Å²) in [5.41, 5.74) is 4.98. The van der Waals surface area contributed by atoms with Crippen LogP contribution in [0.2, 0.25) is 0 Å². The number of carbonyl (C=O) groups excluding carboxylic acids is 1. The second kappa shape index (κ2) is 7.07. The van der Waals surface area contributed by atoms with Crippen molar-refractivity contribution in [2.45, 2.75) is 13.8 Å². The molecule has 7 nitrogen and oxygen atoms in total. The van der Waals surface area contributed by atoms with E-state index in [4.69, 9.17) is 5.21 Å². The van der Waals surface area contributed by atoms with Gasteiger partial charge in [-0.1, -0.05) is 11.2 Å². The molecule has 2 heterocycles. The summed E-state index contributed by atoms with van der Waals surface area (Å²) in [6.45, 7) is 3.37. The quantitative estimate of drug-likeness (QED) is 0.511. The van der Waals surface area contributed by atoms with Gasteiger partial charge in [-0.25, -0.2) is 10.4 Å². The lowest BCUT2D eigenvalue weighted by molar-refractivity contribution is 0.0954. The van der Waals surface area contributed by atoms with Crippen LogP contribution in [0.5, 0.6) is 0 Å². The number of oxime groups is 1. The van der Waals surface area contributed by atoms with Crippen LogP contribution in [0.25, 0.3) is 0 Å². The van der Waals surface area contributed by atoms with Crippen molar-refractivity contribution in [1.29, 1.82) is 0 Å². The van der Waals surface area contributed by atoms with E-state index in [-0.39, 0.29) is 5.91 Å². The molecule has 0 aliphatic carbocycles. The summed E-state index contributed by atoms with van der Waals surface area (Å²) in [7, 11) is 0. The number of hydrazone groups is 1. The minimum Gasteiger partial charge on any atom is -0.411 e. The van der Waals surface area contributed by atoms with E-state index in [9.17, 15) is 4.79 Å². The summed E-state index contributed by atoms with van der Waals surface area (Å²) in [4.78, 5) is 20.0. The lowest BCUT2D eigenvalue weighted by Crippen LogP contribution is -2.19. The first kappa shape index (κ1) is 15.3. The van der Waals surface area contributed by atoms with Gasteiger partial charge in [-0.15, -0.1) is 0 Å². The van der Waals surface area contributed by atoms with E-state index in [2.05, 4.69) is 25.7 Å². The van der Waals surface area contributed by atoms with Crippen LogP contribution in [0.15, 0.2) is 53.0 Å². The number of hydrogen-bond donors (Lipinski definition) is 2. The fourth-order valence-corrected chi connectivity index (χ4v) is 1.65. The van der Waals surface area contributed by atoms with Crippen LogP contribution in [0.1, 0.15) is 35.6 Å². The highest BCUT2D eigenvalue weighted by Gasteiger charge is 2.06. The van der Waals surface area contributed by atoms with Crippen molar-refractivity contribution in [2.24, 2.45) is 10.3 Å². The average molecular weight is 297 g/mol. The molecule has 112 valence electrons. The van der Waals surface area contributed by atoms with Gasteiger partial charge in [-0.05, 0) is 38.1 Å². The first-order valence-electron chi connectivity index (χ1n) is 6.53. The number of aromatic nitrogens is 2. The summed E-state index contributed by atoms with van der Waals surface area (Å²) in [6.07, 6.45) is 3.07. The van der Waals surface area contributed by atoms with Crippen LogP contribution >= 0.6 is 0 Å². The smallest absolute Gasteiger partial charge is 0.271 e. The van der Waals surface area contributed by atoms with E-state index in [1.165, 1.54) is 12.4 Å². The number of nitrogens with one attached hydrogen (secondary N) is 1. The third-order valence-corrected chi connectivity index (χ3v) is 2.91. The second-order valence-electron chi connectivity index (χ2n) is 4.47. The Morgan fingerprint density at radius 3 is 2.36 bits per heavy atom. The standard InChI is InChI=1S/C15H15N5O2/c1-10(13-4-3-5-14(17-13)11(2)20-22)18-19-15(21)12-6-8-16-9-7-12/h3-9,22H,1-2H3,(H,19,21)/b18-10+,20-11+. The Hall–Kier alpha value is -3.09. The molecule has 0 aliphatic heterocycles. The average Bonchev–Trinajstić information content (AvgIpc) is 2.59. The van der Waals surface area contributed by atoms with Crippen molar-refractivity contribution in [2.75, 3.05) is 0 Å². The molecule has 2 N–H and O–H groups in total. The topological polar surface area (TPSA) is 99.8 Å². The lowest BCUT2D eigenvalue weighted by Gasteiger charge is -2.04. The Kier molecular flexibility index (Phi) is 4.92. The summed E-state index contributed by atoms with van der Waals surface area (Å²) in [5, 5.41) is 15.9. The van der Waals surface area contributed by atoms with Crippen molar-refractivity contribution in [3.63, 3.8) is 0 Å². The van der Waals surface area contributed by atoms with Gasteiger partial charge in [0.15, 0.2) is 0 Å². The van der Waals surface area contributed by atoms with Crippen molar-refractivity contribution in [1.82, 2.24) is 15.4 Å². The van der Waals surface area contributed by atoms with Crippen LogP contribution in [0, 0.1) is 0 Å². The fourth-order valence-electron chi connectivity index (χ4n) is 1.65. The largest absolute Gasteiger partial charge is 0.411 e. The van der Waals surface area contributed by atoms with Crippen molar-refractivity contribution >= 4 is 17.3 Å². The van der Waals surface area contributed by atoms with E-state index < -0.39 is 0 Å². The Labute approximate surface area is 127 Å². The van der Waals surface area contributed by atoms with E-state index >= 15 is 0 Å². The molecule has 0 fully saturated rings. The zero-order valence-electron chi connectivity index (χ0n) is 12.2. The fraction of sp³-hybridized carbons (Fsp3) is 0.133. The number of rotatable bonds is 4. The molecule has 0 spiro atoms. The predicted octanol–water partition coefficient (Wildman–Crippen LogP) is 1.83. The zero-order chi connectivity index (χ0) is 15.9. The van der Waals surface area contributed by atoms with Crippen LogP contribution in [0.4, 0.5) is 0 Å². The molecule has 0 atom stereocenters. The van der Waals surface area contributed by atoms with Crippen LogP contribution < -0.4 is 5.43 Å². The molecule has 0 saturated carbocycles. The molecule has 0 saturated heterocycles. The molecule has 7 heteroatoms. The lowest BCUT2D eigenvalue weighted by atomic mass is 10.2. The second-order valence-corrected chi connectivity index (χ2v) is 4.47. The van der Waals surface area contributed by atoms with Gasteiger partial charge >= 0.3 is 0 Å². The molecular formula is C15H15N5O2. The Morgan fingerprint density at radius 2 is 1.73 bits per heavy atom. The monoisotopic (exact) mass is 297 g/mol. The number of nitrogens with zero attached hydrogens (tertiary/aromatic N) is 4. The molecule has 0 radical (unpaired) electrons. The normalized spacial score (nSPS) is 12.1. The molecule has 0 aromatic carbocycles. The maximum absolute atomic E-state index is 11.9. The molecule has 0 aliphatic rings. The van der Waals surface area contributed by atoms with Gasteiger partial charge in [0, 0.05) is 18.0 Å². The van der Waals surface area contributed by atoms with Gasteiger partial charge < -0.3 is 5.21 Å². The third-order valence-electron chi connectivity index (χ3n) is 2.91. The first-order valence-corrected chi connectivity index (χ1v) is 6.53. The van der Waals surface area contributed by atoms with Crippen LogP contribution in [-0.2, 0) is 0 Å². The van der Waals surface area contributed by atoms with E-state index in [1.807, 2.05) is 0 Å². The van der Waals surface area contributed by atoms with Crippen molar-refractivity contribution in [3.8, 4) is 0 Å². The van der Waals surface area contributed by atoms with Gasteiger partial charge in [0.25, 0.3) is 5.91 Å². The Balaban J connectivity index is 2.14. The number of pyridine rings is 2. The highest BCUT2D eigenvalue weighted by Crippen LogP contribution is 2.03. The maximum Gasteiger partial charge on any atom is 0.271 e. The van der Waals surface area contributed by atoms with Crippen LogP contribution in [0.3, 0.4) is 0 Å². The molecule has 2 aromatic heterocycles. The highest BCUT2D eigenvalue weighted by atomic mass is 16.4. The number of hydrogen-bond acceptors (Lipinski definition) is 6. The molecule has 2 aromatic rings. The number of amides is 1. The minimum absolute atomic E-state index is 0.328.